The number of ketones is 1. The summed E-state index contributed by atoms with van der Waals surface area (Å²) in [5.74, 6) is -0.480. The van der Waals surface area contributed by atoms with Crippen LogP contribution in [0.25, 0.3) is 0 Å². The van der Waals surface area contributed by atoms with Gasteiger partial charge in [-0.2, -0.15) is 13.2 Å². The Morgan fingerprint density at radius 3 is 2.29 bits per heavy atom. The van der Waals surface area contributed by atoms with Gasteiger partial charge in [0.15, 0.2) is 5.78 Å². The SMILES string of the molecule is COC(C)(C)C(=O)c1cccc(C(F)(F)F)c1. The van der Waals surface area contributed by atoms with Crippen molar-refractivity contribution < 1.29 is 22.7 Å². The third kappa shape index (κ3) is 3.06. The Morgan fingerprint density at radius 2 is 1.82 bits per heavy atom. The summed E-state index contributed by atoms with van der Waals surface area (Å²) >= 11 is 0. The molecule has 94 valence electrons. The highest BCUT2D eigenvalue weighted by molar-refractivity contribution is 6.02. The summed E-state index contributed by atoms with van der Waals surface area (Å²) in [4.78, 5) is 11.9. The maximum atomic E-state index is 12.5. The van der Waals surface area contributed by atoms with E-state index in [1.165, 1.54) is 33.1 Å². The molecule has 0 heterocycles. The van der Waals surface area contributed by atoms with E-state index in [1.54, 1.807) is 0 Å². The molecule has 0 aliphatic heterocycles. The lowest BCUT2D eigenvalue weighted by atomic mass is 9.95. The van der Waals surface area contributed by atoms with Crippen molar-refractivity contribution in [3.05, 3.63) is 35.4 Å². The summed E-state index contributed by atoms with van der Waals surface area (Å²) in [6, 6.07) is 4.32. The smallest absolute Gasteiger partial charge is 0.371 e. The normalized spacial score (nSPS) is 12.6. The van der Waals surface area contributed by atoms with Gasteiger partial charge in [-0.25, -0.2) is 0 Å². The molecule has 0 saturated carbocycles. The lowest BCUT2D eigenvalue weighted by Gasteiger charge is -2.21. The van der Waals surface area contributed by atoms with Gasteiger partial charge in [-0.1, -0.05) is 12.1 Å². The van der Waals surface area contributed by atoms with E-state index in [0.717, 1.165) is 12.1 Å². The molecule has 0 N–H and O–H groups in total. The van der Waals surface area contributed by atoms with Gasteiger partial charge in [0.05, 0.1) is 5.56 Å². The van der Waals surface area contributed by atoms with Crippen LogP contribution in [0.4, 0.5) is 13.2 Å². The van der Waals surface area contributed by atoms with Gasteiger partial charge in [-0.05, 0) is 26.0 Å². The number of rotatable bonds is 3. The molecule has 1 rings (SSSR count). The number of hydrogen-bond donors (Lipinski definition) is 0. The number of alkyl halides is 3. The van der Waals surface area contributed by atoms with Crippen LogP contribution in [0.2, 0.25) is 0 Å². The van der Waals surface area contributed by atoms with Crippen molar-refractivity contribution in [2.75, 3.05) is 7.11 Å². The average Bonchev–Trinajstić information content (AvgIpc) is 2.27. The predicted octanol–water partition coefficient (Wildman–Crippen LogP) is 3.31. The molecule has 0 aliphatic carbocycles. The Labute approximate surface area is 97.4 Å². The molecule has 0 unspecified atom stereocenters. The van der Waals surface area contributed by atoms with E-state index in [4.69, 9.17) is 4.74 Å². The number of methoxy groups -OCH3 is 1. The van der Waals surface area contributed by atoms with Crippen LogP contribution in [0, 0.1) is 0 Å². The summed E-state index contributed by atoms with van der Waals surface area (Å²) < 4.78 is 42.4. The van der Waals surface area contributed by atoms with Crippen LogP contribution < -0.4 is 0 Å². The van der Waals surface area contributed by atoms with Crippen molar-refractivity contribution in [2.24, 2.45) is 0 Å². The molecule has 0 atom stereocenters. The minimum atomic E-state index is -4.45. The third-order valence-electron chi connectivity index (χ3n) is 2.51. The molecule has 1 aromatic carbocycles. The molecule has 0 bridgehead atoms. The minimum Gasteiger partial charge on any atom is -0.371 e. The minimum absolute atomic E-state index is 0.00771. The zero-order chi connectivity index (χ0) is 13.3. The third-order valence-corrected chi connectivity index (χ3v) is 2.51. The number of hydrogen-bond acceptors (Lipinski definition) is 2. The van der Waals surface area contributed by atoms with Crippen LogP contribution in [0.5, 0.6) is 0 Å². The molecule has 0 aliphatic rings. The molecule has 1 aromatic rings. The number of Topliss-reactive ketones (excluding diaryl/α,β-unsaturated/α-hetero) is 1. The number of carbonyl (C=O) groups excluding carboxylic acids is 1. The van der Waals surface area contributed by atoms with Gasteiger partial charge in [0.1, 0.15) is 5.60 Å². The van der Waals surface area contributed by atoms with Crippen LogP contribution in [0.3, 0.4) is 0 Å². The average molecular weight is 246 g/mol. The standard InChI is InChI=1S/C12H13F3O2/c1-11(2,17-3)10(16)8-5-4-6-9(7-8)12(13,14)15/h4-7H,1-3H3. The molecule has 17 heavy (non-hydrogen) atoms. The largest absolute Gasteiger partial charge is 0.416 e. The fraction of sp³-hybridized carbons (Fsp3) is 0.417. The van der Waals surface area contributed by atoms with Crippen LogP contribution in [-0.2, 0) is 10.9 Å². The molecular weight excluding hydrogens is 233 g/mol. The summed E-state index contributed by atoms with van der Waals surface area (Å²) in [6.45, 7) is 3.02. The fourth-order valence-corrected chi connectivity index (χ4v) is 1.28. The molecular formula is C12H13F3O2. The molecule has 0 fully saturated rings. The Morgan fingerprint density at radius 1 is 1.24 bits per heavy atom. The summed E-state index contributed by atoms with van der Waals surface area (Å²) in [5.41, 5.74) is -1.98. The second-order valence-corrected chi connectivity index (χ2v) is 4.12. The van der Waals surface area contributed by atoms with Gasteiger partial charge in [0.25, 0.3) is 0 Å². The first-order chi connectivity index (χ1) is 7.68. The van der Waals surface area contributed by atoms with Gasteiger partial charge in [-0.15, -0.1) is 0 Å². The van der Waals surface area contributed by atoms with E-state index in [-0.39, 0.29) is 5.56 Å². The van der Waals surface area contributed by atoms with Crippen LogP contribution in [0.15, 0.2) is 24.3 Å². The topological polar surface area (TPSA) is 26.3 Å². The van der Waals surface area contributed by atoms with Gasteiger partial charge >= 0.3 is 6.18 Å². The van der Waals surface area contributed by atoms with E-state index < -0.39 is 23.1 Å². The predicted molar refractivity (Wildman–Crippen MR) is 56.9 cm³/mol. The highest BCUT2D eigenvalue weighted by Gasteiger charge is 2.33. The Balaban J connectivity index is 3.13. The van der Waals surface area contributed by atoms with Gasteiger partial charge in [-0.3, -0.25) is 4.79 Å². The molecule has 0 saturated heterocycles. The molecule has 0 aromatic heterocycles. The Hall–Kier alpha value is -1.36. The van der Waals surface area contributed by atoms with Crippen molar-refractivity contribution in [3.8, 4) is 0 Å². The number of ether oxygens (including phenoxy) is 1. The number of carbonyl (C=O) groups is 1. The van der Waals surface area contributed by atoms with Crippen molar-refractivity contribution in [3.63, 3.8) is 0 Å². The number of benzene rings is 1. The molecule has 5 heteroatoms. The lowest BCUT2D eigenvalue weighted by molar-refractivity contribution is -0.137. The van der Waals surface area contributed by atoms with Crippen molar-refractivity contribution in [2.45, 2.75) is 25.6 Å². The zero-order valence-corrected chi connectivity index (χ0v) is 9.76. The molecule has 0 amide bonds. The quantitative estimate of drug-likeness (QED) is 0.765. The summed E-state index contributed by atoms with van der Waals surface area (Å²) in [5, 5.41) is 0. The summed E-state index contributed by atoms with van der Waals surface area (Å²) in [6.07, 6.45) is -4.45. The second-order valence-electron chi connectivity index (χ2n) is 4.12. The van der Waals surface area contributed by atoms with E-state index in [2.05, 4.69) is 0 Å². The van der Waals surface area contributed by atoms with Crippen LogP contribution in [-0.4, -0.2) is 18.5 Å². The second kappa shape index (κ2) is 4.49. The zero-order valence-electron chi connectivity index (χ0n) is 9.76. The van der Waals surface area contributed by atoms with E-state index in [9.17, 15) is 18.0 Å². The first kappa shape index (κ1) is 13.7. The highest BCUT2D eigenvalue weighted by atomic mass is 19.4. The Bertz CT molecular complexity index is 422. The molecule has 0 spiro atoms. The van der Waals surface area contributed by atoms with E-state index in [1.807, 2.05) is 0 Å². The monoisotopic (exact) mass is 246 g/mol. The number of halogens is 3. The van der Waals surface area contributed by atoms with Crippen LogP contribution >= 0.6 is 0 Å². The highest BCUT2D eigenvalue weighted by Crippen LogP contribution is 2.30. The van der Waals surface area contributed by atoms with Crippen molar-refractivity contribution in [1.82, 2.24) is 0 Å². The van der Waals surface area contributed by atoms with Gasteiger partial charge in [0.2, 0.25) is 0 Å². The molecule has 0 radical (unpaired) electrons. The first-order valence-corrected chi connectivity index (χ1v) is 4.95. The van der Waals surface area contributed by atoms with E-state index >= 15 is 0 Å². The van der Waals surface area contributed by atoms with Gasteiger partial charge < -0.3 is 4.74 Å². The van der Waals surface area contributed by atoms with Crippen molar-refractivity contribution >= 4 is 5.78 Å². The van der Waals surface area contributed by atoms with Gasteiger partial charge in [0, 0.05) is 12.7 Å². The van der Waals surface area contributed by atoms with Crippen molar-refractivity contribution in [1.29, 1.82) is 0 Å². The maximum absolute atomic E-state index is 12.5. The fourth-order valence-electron chi connectivity index (χ4n) is 1.28. The summed E-state index contributed by atoms with van der Waals surface area (Å²) in [7, 11) is 1.34. The Kier molecular flexibility index (Phi) is 3.62. The van der Waals surface area contributed by atoms with Crippen LogP contribution in [0.1, 0.15) is 29.8 Å². The first-order valence-electron chi connectivity index (χ1n) is 4.95. The van der Waals surface area contributed by atoms with E-state index in [0.29, 0.717) is 0 Å². The maximum Gasteiger partial charge on any atom is 0.416 e. The molecule has 2 nitrogen and oxygen atoms in total. The lowest BCUT2D eigenvalue weighted by Crippen LogP contribution is -2.33.